The monoisotopic (exact) mass is 465 g/mol. The molecule has 0 aliphatic carbocycles. The molecule has 0 saturated carbocycles. The molecule has 0 fully saturated rings. The number of carboxylic acid groups (broad SMARTS) is 1. The van der Waals surface area contributed by atoms with Crippen molar-refractivity contribution in [1.82, 2.24) is 0 Å². The first-order valence-electron chi connectivity index (χ1n) is 10.8. The zero-order chi connectivity index (χ0) is 23.7. The van der Waals surface area contributed by atoms with Crippen molar-refractivity contribution in [1.29, 1.82) is 0 Å². The third-order valence-corrected chi connectivity index (χ3v) is 6.16. The number of halogens is 1. The number of nitrogens with zero attached hydrogens (tertiary/aromatic N) is 1. The van der Waals surface area contributed by atoms with Gasteiger partial charge in [-0.15, -0.1) is 0 Å². The number of para-hydroxylation sites is 1. The second-order valence-corrected chi connectivity index (χ2v) is 8.47. The maximum atomic E-state index is 13.9. The summed E-state index contributed by atoms with van der Waals surface area (Å²) in [5.74, 6) is -1.08. The number of hydrogen-bond donors (Lipinski definition) is 1. The fourth-order valence-electron chi connectivity index (χ4n) is 4.29. The molecular weight excluding hydrogens is 446 g/mol. The topological polar surface area (TPSA) is 57.6 Å². The van der Waals surface area contributed by atoms with Gasteiger partial charge in [0.15, 0.2) is 0 Å². The van der Waals surface area contributed by atoms with Gasteiger partial charge in [0.1, 0.15) is 0 Å². The first-order valence-corrected chi connectivity index (χ1v) is 11.2. The maximum Gasteiger partial charge on any atom is 0.335 e. The molecule has 0 aromatic heterocycles. The molecule has 0 saturated heterocycles. The van der Waals surface area contributed by atoms with Crippen molar-refractivity contribution in [2.24, 2.45) is 0 Å². The van der Waals surface area contributed by atoms with E-state index in [1.807, 2.05) is 78.9 Å². The van der Waals surface area contributed by atoms with E-state index in [1.165, 1.54) is 0 Å². The van der Waals surface area contributed by atoms with Crippen LogP contribution in [0.2, 0.25) is 5.02 Å². The predicted molar refractivity (Wildman–Crippen MR) is 135 cm³/mol. The van der Waals surface area contributed by atoms with E-state index >= 15 is 0 Å². The number of hydrogen-bond acceptors (Lipinski definition) is 2. The molecule has 0 bridgehead atoms. The molecule has 5 heteroatoms. The molecule has 4 aromatic carbocycles. The van der Waals surface area contributed by atoms with E-state index in [4.69, 9.17) is 11.6 Å². The molecule has 1 heterocycles. The highest BCUT2D eigenvalue weighted by atomic mass is 35.5. The second kappa shape index (κ2) is 9.00. The maximum absolute atomic E-state index is 13.9. The largest absolute Gasteiger partial charge is 0.478 e. The van der Waals surface area contributed by atoms with Gasteiger partial charge in [0.05, 0.1) is 23.4 Å². The van der Waals surface area contributed by atoms with Crippen molar-refractivity contribution in [3.63, 3.8) is 0 Å². The van der Waals surface area contributed by atoms with E-state index < -0.39 is 5.97 Å². The van der Waals surface area contributed by atoms with Gasteiger partial charge in [0.2, 0.25) is 0 Å². The van der Waals surface area contributed by atoms with Crippen molar-refractivity contribution in [2.45, 2.75) is 6.54 Å². The Morgan fingerprint density at radius 3 is 2.00 bits per heavy atom. The van der Waals surface area contributed by atoms with Gasteiger partial charge < -0.3 is 10.0 Å². The fourth-order valence-corrected chi connectivity index (χ4v) is 4.42. The number of aromatic carboxylic acids is 1. The fraction of sp³-hybridized carbons (Fsp3) is 0.0345. The number of rotatable bonds is 5. The highest BCUT2D eigenvalue weighted by Crippen LogP contribution is 2.43. The van der Waals surface area contributed by atoms with Crippen molar-refractivity contribution in [3.8, 4) is 0 Å². The first kappa shape index (κ1) is 21.7. The highest BCUT2D eigenvalue weighted by molar-refractivity contribution is 6.39. The van der Waals surface area contributed by atoms with Gasteiger partial charge in [-0.1, -0.05) is 84.4 Å². The molecule has 1 aliphatic rings. The summed E-state index contributed by atoms with van der Waals surface area (Å²) in [4.78, 5) is 26.9. The molecule has 4 aromatic rings. The summed E-state index contributed by atoms with van der Waals surface area (Å²) in [6.45, 7) is 0.335. The average molecular weight is 466 g/mol. The Balaban J connectivity index is 1.66. The lowest BCUT2D eigenvalue weighted by atomic mass is 9.90. The molecule has 5 rings (SSSR count). The second-order valence-electron chi connectivity index (χ2n) is 8.03. The van der Waals surface area contributed by atoms with Crippen LogP contribution in [0.4, 0.5) is 5.69 Å². The summed E-state index contributed by atoms with van der Waals surface area (Å²) in [6.07, 6.45) is 0. The normalized spacial score (nSPS) is 14.1. The Morgan fingerprint density at radius 1 is 0.735 bits per heavy atom. The molecule has 1 aliphatic heterocycles. The SMILES string of the molecule is O=C(O)c1ccc(CN2C(=O)C(=C(c3ccccc3)c3ccc(Cl)cc3)c3ccccc32)cc1. The molecule has 4 nitrogen and oxygen atoms in total. The van der Waals surface area contributed by atoms with Gasteiger partial charge >= 0.3 is 5.97 Å². The summed E-state index contributed by atoms with van der Waals surface area (Å²) in [5.41, 5.74) is 6.08. The number of carbonyl (C=O) groups is 2. The number of carbonyl (C=O) groups excluding carboxylic acids is 1. The molecule has 166 valence electrons. The third kappa shape index (κ3) is 4.00. The smallest absolute Gasteiger partial charge is 0.335 e. The zero-order valence-corrected chi connectivity index (χ0v) is 18.9. The minimum absolute atomic E-state index is 0.0997. The van der Waals surface area contributed by atoms with E-state index in [9.17, 15) is 14.7 Å². The minimum atomic E-state index is -0.977. The van der Waals surface area contributed by atoms with Gasteiger partial charge in [0, 0.05) is 16.2 Å². The number of anilines is 1. The Bertz CT molecular complexity index is 1410. The van der Waals surface area contributed by atoms with Crippen LogP contribution in [0.15, 0.2) is 103 Å². The summed E-state index contributed by atoms with van der Waals surface area (Å²) in [5, 5.41) is 9.81. The van der Waals surface area contributed by atoms with Crippen LogP contribution in [0, 0.1) is 0 Å². The van der Waals surface area contributed by atoms with E-state index in [-0.39, 0.29) is 11.5 Å². The standard InChI is InChI=1S/C29H20ClNO3/c30-23-16-14-21(15-17-23)26(20-6-2-1-3-7-20)27-24-8-4-5-9-25(24)31(28(27)32)18-19-10-12-22(13-11-19)29(33)34/h1-17H,18H2,(H,33,34). The Hall–Kier alpha value is -4.15. The van der Waals surface area contributed by atoms with E-state index in [0.29, 0.717) is 17.1 Å². The number of amides is 1. The summed E-state index contributed by atoms with van der Waals surface area (Å²) < 4.78 is 0. The number of benzene rings is 4. The number of carboxylic acids is 1. The summed E-state index contributed by atoms with van der Waals surface area (Å²) in [7, 11) is 0. The van der Waals surface area contributed by atoms with E-state index in [1.54, 1.807) is 29.2 Å². The predicted octanol–water partition coefficient (Wildman–Crippen LogP) is 6.54. The Kier molecular flexibility index (Phi) is 5.74. The van der Waals surface area contributed by atoms with Crippen molar-refractivity contribution >= 4 is 40.3 Å². The quantitative estimate of drug-likeness (QED) is 0.340. The Morgan fingerprint density at radius 2 is 1.32 bits per heavy atom. The Labute approximate surface area is 202 Å². The van der Waals surface area contributed by atoms with Crippen LogP contribution < -0.4 is 4.90 Å². The van der Waals surface area contributed by atoms with Crippen LogP contribution in [0.25, 0.3) is 11.1 Å². The molecule has 0 radical (unpaired) electrons. The van der Waals surface area contributed by atoms with Crippen molar-refractivity contribution in [3.05, 3.63) is 136 Å². The van der Waals surface area contributed by atoms with Crippen LogP contribution in [0.3, 0.4) is 0 Å². The molecule has 0 atom stereocenters. The third-order valence-electron chi connectivity index (χ3n) is 5.91. The van der Waals surface area contributed by atoms with Crippen LogP contribution in [-0.2, 0) is 11.3 Å². The lowest BCUT2D eigenvalue weighted by molar-refractivity contribution is -0.113. The van der Waals surface area contributed by atoms with Crippen LogP contribution in [0.5, 0.6) is 0 Å². The van der Waals surface area contributed by atoms with Gasteiger partial charge in [-0.2, -0.15) is 0 Å². The van der Waals surface area contributed by atoms with Crippen molar-refractivity contribution < 1.29 is 14.7 Å². The van der Waals surface area contributed by atoms with Gasteiger partial charge in [-0.05, 0) is 47.0 Å². The van der Waals surface area contributed by atoms with E-state index in [0.717, 1.165) is 33.5 Å². The number of fused-ring (bicyclic) bond motifs is 1. The molecule has 0 spiro atoms. The van der Waals surface area contributed by atoms with Crippen LogP contribution in [-0.4, -0.2) is 17.0 Å². The van der Waals surface area contributed by atoms with Crippen molar-refractivity contribution in [2.75, 3.05) is 4.90 Å². The van der Waals surface area contributed by atoms with Gasteiger partial charge in [-0.3, -0.25) is 4.79 Å². The average Bonchev–Trinajstić information content (AvgIpc) is 3.13. The lowest BCUT2D eigenvalue weighted by Gasteiger charge is -2.18. The molecule has 1 N–H and O–H groups in total. The van der Waals surface area contributed by atoms with E-state index in [2.05, 4.69) is 0 Å². The van der Waals surface area contributed by atoms with Crippen LogP contribution >= 0.6 is 11.6 Å². The first-order chi connectivity index (χ1) is 16.5. The molecular formula is C29H20ClNO3. The summed E-state index contributed by atoms with van der Waals surface area (Å²) in [6, 6.07) is 31.8. The zero-order valence-electron chi connectivity index (χ0n) is 18.1. The van der Waals surface area contributed by atoms with Gasteiger partial charge in [0.25, 0.3) is 5.91 Å². The molecule has 34 heavy (non-hydrogen) atoms. The lowest BCUT2D eigenvalue weighted by Crippen LogP contribution is -2.26. The van der Waals surface area contributed by atoms with Gasteiger partial charge in [-0.25, -0.2) is 4.79 Å². The minimum Gasteiger partial charge on any atom is -0.478 e. The molecule has 1 amide bonds. The summed E-state index contributed by atoms with van der Waals surface area (Å²) >= 11 is 6.15. The molecule has 0 unspecified atom stereocenters. The highest BCUT2D eigenvalue weighted by Gasteiger charge is 2.35. The van der Waals surface area contributed by atoms with Crippen LogP contribution in [0.1, 0.15) is 32.6 Å².